The number of rotatable bonds is 4. The van der Waals surface area contributed by atoms with Crippen molar-refractivity contribution in [2.75, 3.05) is 12.4 Å². The summed E-state index contributed by atoms with van der Waals surface area (Å²) in [6.45, 7) is 1.93. The highest BCUT2D eigenvalue weighted by molar-refractivity contribution is 5.24. The molecule has 0 unspecified atom stereocenters. The fourth-order valence-electron chi connectivity index (χ4n) is 1.56. The van der Waals surface area contributed by atoms with Gasteiger partial charge in [-0.15, -0.1) is 0 Å². The molecule has 0 aliphatic carbocycles. The first kappa shape index (κ1) is 10.7. The van der Waals surface area contributed by atoms with E-state index in [9.17, 15) is 0 Å². The molecule has 4 nitrogen and oxygen atoms in total. The maximum atomic E-state index is 5.41. The lowest BCUT2D eigenvalue weighted by molar-refractivity contribution is 0.540. The molecule has 0 radical (unpaired) electrons. The van der Waals surface area contributed by atoms with Crippen LogP contribution in [-0.4, -0.2) is 17.0 Å². The van der Waals surface area contributed by atoms with Gasteiger partial charge in [-0.05, 0) is 31.9 Å². The van der Waals surface area contributed by atoms with Crippen molar-refractivity contribution < 1.29 is 4.42 Å². The van der Waals surface area contributed by atoms with Gasteiger partial charge < -0.3 is 9.73 Å². The fourth-order valence-corrected chi connectivity index (χ4v) is 1.56. The molecular formula is C12H15N3O. The van der Waals surface area contributed by atoms with Crippen molar-refractivity contribution in [3.05, 3.63) is 41.5 Å². The number of aryl methyl sites for hydroxylation is 3. The van der Waals surface area contributed by atoms with Crippen LogP contribution in [0.3, 0.4) is 0 Å². The van der Waals surface area contributed by atoms with Crippen LogP contribution in [0.4, 0.5) is 6.01 Å². The van der Waals surface area contributed by atoms with E-state index >= 15 is 0 Å². The highest BCUT2D eigenvalue weighted by atomic mass is 16.4. The Morgan fingerprint density at radius 3 is 2.81 bits per heavy atom. The SMILES string of the molecule is CNc1nc(CCc2ccccn2)c(C)o1. The van der Waals surface area contributed by atoms with Gasteiger partial charge in [0.25, 0.3) is 6.01 Å². The molecule has 0 amide bonds. The molecule has 2 aromatic rings. The number of aromatic nitrogens is 2. The van der Waals surface area contributed by atoms with Gasteiger partial charge in [0.2, 0.25) is 0 Å². The number of hydrogen-bond donors (Lipinski definition) is 1. The van der Waals surface area contributed by atoms with Gasteiger partial charge >= 0.3 is 0 Å². The smallest absolute Gasteiger partial charge is 0.294 e. The van der Waals surface area contributed by atoms with E-state index in [1.54, 1.807) is 7.05 Å². The Morgan fingerprint density at radius 1 is 1.31 bits per heavy atom. The Hall–Kier alpha value is -1.84. The van der Waals surface area contributed by atoms with Crippen LogP contribution < -0.4 is 5.32 Å². The summed E-state index contributed by atoms with van der Waals surface area (Å²) in [7, 11) is 1.80. The van der Waals surface area contributed by atoms with Gasteiger partial charge in [-0.2, -0.15) is 4.98 Å². The number of hydrogen-bond acceptors (Lipinski definition) is 4. The van der Waals surface area contributed by atoms with E-state index in [1.165, 1.54) is 0 Å². The predicted octanol–water partition coefficient (Wildman–Crippen LogP) is 2.20. The highest BCUT2D eigenvalue weighted by Crippen LogP contribution is 2.15. The summed E-state index contributed by atoms with van der Waals surface area (Å²) in [5, 5.41) is 2.89. The normalized spacial score (nSPS) is 10.4. The van der Waals surface area contributed by atoms with E-state index < -0.39 is 0 Å². The number of nitrogens with one attached hydrogen (secondary N) is 1. The molecule has 0 atom stereocenters. The lowest BCUT2D eigenvalue weighted by Gasteiger charge is -1.97. The number of oxazole rings is 1. The second-order valence-corrected chi connectivity index (χ2v) is 3.59. The molecule has 0 saturated carbocycles. The average Bonchev–Trinajstić information content (AvgIpc) is 2.69. The lowest BCUT2D eigenvalue weighted by Crippen LogP contribution is -1.96. The van der Waals surface area contributed by atoms with E-state index in [-0.39, 0.29) is 0 Å². The fraction of sp³-hybridized carbons (Fsp3) is 0.333. The summed E-state index contributed by atoms with van der Waals surface area (Å²) >= 11 is 0. The largest absolute Gasteiger partial charge is 0.429 e. The van der Waals surface area contributed by atoms with Crippen LogP contribution >= 0.6 is 0 Å². The summed E-state index contributed by atoms with van der Waals surface area (Å²) in [5.41, 5.74) is 2.07. The molecule has 0 aromatic carbocycles. The number of anilines is 1. The average molecular weight is 217 g/mol. The van der Waals surface area contributed by atoms with Gasteiger partial charge in [-0.25, -0.2) is 0 Å². The van der Waals surface area contributed by atoms with Gasteiger partial charge in [0.05, 0.1) is 5.69 Å². The molecule has 2 aromatic heterocycles. The minimum Gasteiger partial charge on any atom is -0.429 e. The topological polar surface area (TPSA) is 51.0 Å². The third kappa shape index (κ3) is 2.39. The van der Waals surface area contributed by atoms with Gasteiger partial charge in [-0.3, -0.25) is 4.98 Å². The molecule has 4 heteroatoms. The van der Waals surface area contributed by atoms with Crippen molar-refractivity contribution in [3.8, 4) is 0 Å². The standard InChI is InChI=1S/C12H15N3O/c1-9-11(15-12(13-2)16-9)7-6-10-5-3-4-8-14-10/h3-5,8H,6-7H2,1-2H3,(H,13,15). The molecule has 0 fully saturated rings. The Balaban J connectivity index is 2.02. The monoisotopic (exact) mass is 217 g/mol. The first-order valence-corrected chi connectivity index (χ1v) is 5.33. The zero-order valence-corrected chi connectivity index (χ0v) is 9.53. The molecule has 0 aliphatic heterocycles. The maximum Gasteiger partial charge on any atom is 0.294 e. The van der Waals surface area contributed by atoms with Crippen molar-refractivity contribution in [1.29, 1.82) is 0 Å². The van der Waals surface area contributed by atoms with Crippen LogP contribution in [0.25, 0.3) is 0 Å². The number of pyridine rings is 1. The van der Waals surface area contributed by atoms with E-state index in [1.807, 2.05) is 31.3 Å². The Labute approximate surface area is 94.7 Å². The van der Waals surface area contributed by atoms with Crippen LogP contribution in [0.1, 0.15) is 17.1 Å². The van der Waals surface area contributed by atoms with Gasteiger partial charge in [-0.1, -0.05) is 6.07 Å². The minimum atomic E-state index is 0.577. The second-order valence-electron chi connectivity index (χ2n) is 3.59. The molecule has 2 heterocycles. The van der Waals surface area contributed by atoms with Crippen LogP contribution in [0.5, 0.6) is 0 Å². The molecule has 0 spiro atoms. The highest BCUT2D eigenvalue weighted by Gasteiger charge is 2.08. The van der Waals surface area contributed by atoms with Gasteiger partial charge in [0, 0.05) is 18.9 Å². The van der Waals surface area contributed by atoms with E-state index in [4.69, 9.17) is 4.42 Å². The molecular weight excluding hydrogens is 202 g/mol. The zero-order chi connectivity index (χ0) is 11.4. The van der Waals surface area contributed by atoms with E-state index in [0.29, 0.717) is 6.01 Å². The van der Waals surface area contributed by atoms with Crippen molar-refractivity contribution in [2.24, 2.45) is 0 Å². The summed E-state index contributed by atoms with van der Waals surface area (Å²) < 4.78 is 5.41. The van der Waals surface area contributed by atoms with E-state index in [2.05, 4.69) is 15.3 Å². The first-order valence-electron chi connectivity index (χ1n) is 5.33. The summed E-state index contributed by atoms with van der Waals surface area (Å²) in [5.74, 6) is 0.875. The lowest BCUT2D eigenvalue weighted by atomic mass is 10.1. The third-order valence-electron chi connectivity index (χ3n) is 2.45. The minimum absolute atomic E-state index is 0.577. The second kappa shape index (κ2) is 4.79. The molecule has 0 saturated heterocycles. The van der Waals surface area contributed by atoms with Crippen molar-refractivity contribution in [2.45, 2.75) is 19.8 Å². The molecule has 0 bridgehead atoms. The molecule has 1 N–H and O–H groups in total. The van der Waals surface area contributed by atoms with Crippen molar-refractivity contribution in [1.82, 2.24) is 9.97 Å². The van der Waals surface area contributed by atoms with Crippen molar-refractivity contribution in [3.63, 3.8) is 0 Å². The molecule has 0 aliphatic rings. The molecule has 16 heavy (non-hydrogen) atoms. The van der Waals surface area contributed by atoms with Gasteiger partial charge in [0.1, 0.15) is 5.76 Å². The Bertz CT molecular complexity index is 451. The third-order valence-corrected chi connectivity index (χ3v) is 2.45. The van der Waals surface area contributed by atoms with Crippen LogP contribution in [-0.2, 0) is 12.8 Å². The quantitative estimate of drug-likeness (QED) is 0.853. The number of nitrogens with zero attached hydrogens (tertiary/aromatic N) is 2. The Morgan fingerprint density at radius 2 is 2.19 bits per heavy atom. The van der Waals surface area contributed by atoms with Crippen LogP contribution in [0, 0.1) is 6.92 Å². The van der Waals surface area contributed by atoms with E-state index in [0.717, 1.165) is 30.0 Å². The first-order chi connectivity index (χ1) is 7.79. The Kier molecular flexibility index (Phi) is 3.19. The van der Waals surface area contributed by atoms with Crippen molar-refractivity contribution >= 4 is 6.01 Å². The summed E-state index contributed by atoms with van der Waals surface area (Å²) in [6.07, 6.45) is 3.55. The zero-order valence-electron chi connectivity index (χ0n) is 9.53. The summed E-state index contributed by atoms with van der Waals surface area (Å²) in [6, 6.07) is 6.52. The van der Waals surface area contributed by atoms with Gasteiger partial charge in [0.15, 0.2) is 0 Å². The summed E-state index contributed by atoms with van der Waals surface area (Å²) in [4.78, 5) is 8.61. The maximum absolute atomic E-state index is 5.41. The van der Waals surface area contributed by atoms with Crippen LogP contribution in [0.15, 0.2) is 28.8 Å². The predicted molar refractivity (Wildman–Crippen MR) is 62.4 cm³/mol. The molecule has 84 valence electrons. The molecule has 2 rings (SSSR count). The van der Waals surface area contributed by atoms with Crippen LogP contribution in [0.2, 0.25) is 0 Å².